The van der Waals surface area contributed by atoms with Gasteiger partial charge in [-0.15, -0.1) is 0 Å². The molecule has 0 aliphatic carbocycles. The zero-order valence-electron chi connectivity index (χ0n) is 15.5. The molecule has 3 heterocycles. The minimum atomic E-state index is -0.509. The minimum Gasteiger partial charge on any atom is -0.497 e. The summed E-state index contributed by atoms with van der Waals surface area (Å²) < 4.78 is 5.17. The Labute approximate surface area is 162 Å². The molecule has 1 fully saturated rings. The molecule has 0 N–H and O–H groups in total. The van der Waals surface area contributed by atoms with Crippen LogP contribution in [0, 0.1) is 0 Å². The van der Waals surface area contributed by atoms with Crippen molar-refractivity contribution < 1.29 is 19.1 Å². The van der Waals surface area contributed by atoms with Crippen molar-refractivity contribution in [2.75, 3.05) is 44.7 Å². The number of aromatic nitrogens is 1. The molecular weight excluding hydrogens is 360 g/mol. The molecule has 2 aromatic rings. The summed E-state index contributed by atoms with van der Waals surface area (Å²) in [6, 6.07) is 10.9. The number of hydrogen-bond acceptors (Lipinski definition) is 6. The Hall–Kier alpha value is -3.42. The Kier molecular flexibility index (Phi) is 4.68. The van der Waals surface area contributed by atoms with Gasteiger partial charge >= 0.3 is 0 Å². The van der Waals surface area contributed by atoms with E-state index in [4.69, 9.17) is 4.74 Å². The van der Waals surface area contributed by atoms with Crippen LogP contribution in [0.3, 0.4) is 0 Å². The molecular formula is C20H20N4O4. The van der Waals surface area contributed by atoms with Gasteiger partial charge in [0.05, 0.1) is 12.7 Å². The summed E-state index contributed by atoms with van der Waals surface area (Å²) >= 11 is 0. The van der Waals surface area contributed by atoms with Crippen molar-refractivity contribution in [1.29, 1.82) is 0 Å². The number of imide groups is 1. The fourth-order valence-electron chi connectivity index (χ4n) is 3.50. The van der Waals surface area contributed by atoms with Crippen LogP contribution in [-0.2, 0) is 4.79 Å². The van der Waals surface area contributed by atoms with Crippen molar-refractivity contribution in [3.63, 3.8) is 0 Å². The minimum absolute atomic E-state index is 0.115. The second-order valence-electron chi connectivity index (χ2n) is 6.66. The van der Waals surface area contributed by atoms with Crippen molar-refractivity contribution in [3.05, 3.63) is 53.9 Å². The number of ether oxygens (including phenoxy) is 1. The SMILES string of the molecule is COc1ccc(N2CCN(C(=O)CN3C(=O)c4cccnc4C3=O)CC2)cc1. The Morgan fingerprint density at radius 1 is 1.04 bits per heavy atom. The van der Waals surface area contributed by atoms with E-state index >= 15 is 0 Å². The molecule has 2 aliphatic heterocycles. The van der Waals surface area contributed by atoms with E-state index in [-0.39, 0.29) is 23.7 Å². The molecule has 3 amide bonds. The number of hydrogen-bond donors (Lipinski definition) is 0. The average molecular weight is 380 g/mol. The van der Waals surface area contributed by atoms with Gasteiger partial charge < -0.3 is 14.5 Å². The van der Waals surface area contributed by atoms with E-state index in [1.54, 1.807) is 24.1 Å². The van der Waals surface area contributed by atoms with Gasteiger partial charge in [-0.2, -0.15) is 0 Å². The van der Waals surface area contributed by atoms with Gasteiger partial charge in [0.1, 0.15) is 18.0 Å². The fourth-order valence-corrected chi connectivity index (χ4v) is 3.50. The largest absolute Gasteiger partial charge is 0.497 e. The molecule has 8 heteroatoms. The lowest BCUT2D eigenvalue weighted by Crippen LogP contribution is -2.51. The second kappa shape index (κ2) is 7.30. The van der Waals surface area contributed by atoms with Crippen LogP contribution in [0.25, 0.3) is 0 Å². The molecule has 0 unspecified atom stereocenters. The normalized spacial score (nSPS) is 16.4. The molecule has 28 heavy (non-hydrogen) atoms. The maximum Gasteiger partial charge on any atom is 0.280 e. The first-order valence-electron chi connectivity index (χ1n) is 9.06. The third-order valence-electron chi connectivity index (χ3n) is 5.09. The molecule has 1 saturated heterocycles. The lowest BCUT2D eigenvalue weighted by Gasteiger charge is -2.36. The fraction of sp³-hybridized carbons (Fsp3) is 0.300. The smallest absolute Gasteiger partial charge is 0.280 e. The van der Waals surface area contributed by atoms with Crippen LogP contribution >= 0.6 is 0 Å². The quantitative estimate of drug-likeness (QED) is 0.737. The highest BCUT2D eigenvalue weighted by Crippen LogP contribution is 2.22. The molecule has 4 rings (SSSR count). The number of nitrogens with zero attached hydrogens (tertiary/aromatic N) is 4. The van der Waals surface area contributed by atoms with Crippen molar-refractivity contribution in [2.24, 2.45) is 0 Å². The van der Waals surface area contributed by atoms with E-state index in [0.717, 1.165) is 16.3 Å². The molecule has 1 aromatic heterocycles. The van der Waals surface area contributed by atoms with E-state index in [2.05, 4.69) is 9.88 Å². The van der Waals surface area contributed by atoms with Crippen molar-refractivity contribution in [3.8, 4) is 5.75 Å². The molecule has 0 radical (unpaired) electrons. The van der Waals surface area contributed by atoms with Crippen LogP contribution < -0.4 is 9.64 Å². The molecule has 0 saturated carbocycles. The zero-order valence-corrected chi connectivity index (χ0v) is 15.5. The standard InChI is InChI=1S/C20H20N4O4/c1-28-15-6-4-14(5-7-15)22-9-11-23(12-10-22)17(25)13-24-19(26)16-3-2-8-21-18(16)20(24)27/h2-8H,9-13H2,1H3. The maximum atomic E-state index is 12.6. The van der Waals surface area contributed by atoms with E-state index in [1.165, 1.54) is 6.20 Å². The summed E-state index contributed by atoms with van der Waals surface area (Å²) in [4.78, 5) is 46.2. The third kappa shape index (κ3) is 3.17. The van der Waals surface area contributed by atoms with Crippen LogP contribution in [0.15, 0.2) is 42.6 Å². The van der Waals surface area contributed by atoms with Crippen molar-refractivity contribution in [1.82, 2.24) is 14.8 Å². The Morgan fingerprint density at radius 3 is 2.39 bits per heavy atom. The number of carbonyl (C=O) groups is 3. The zero-order chi connectivity index (χ0) is 19.7. The van der Waals surface area contributed by atoms with Crippen molar-refractivity contribution >= 4 is 23.4 Å². The number of carbonyl (C=O) groups excluding carboxylic acids is 3. The highest BCUT2D eigenvalue weighted by Gasteiger charge is 2.38. The number of rotatable bonds is 4. The molecule has 1 aromatic carbocycles. The van der Waals surface area contributed by atoms with Crippen LogP contribution in [-0.4, -0.2) is 72.3 Å². The number of amides is 3. The molecule has 0 spiro atoms. The number of methoxy groups -OCH3 is 1. The maximum absolute atomic E-state index is 12.6. The predicted octanol–water partition coefficient (Wildman–Crippen LogP) is 1.03. The highest BCUT2D eigenvalue weighted by molar-refractivity contribution is 6.21. The van der Waals surface area contributed by atoms with E-state index in [9.17, 15) is 14.4 Å². The third-order valence-corrected chi connectivity index (χ3v) is 5.09. The lowest BCUT2D eigenvalue weighted by atomic mass is 10.2. The number of pyridine rings is 1. The second-order valence-corrected chi connectivity index (χ2v) is 6.66. The number of piperazine rings is 1. The summed E-state index contributed by atoms with van der Waals surface area (Å²) in [5.74, 6) is -0.402. The van der Waals surface area contributed by atoms with Gasteiger partial charge in [0.25, 0.3) is 11.8 Å². The molecule has 2 aliphatic rings. The van der Waals surface area contributed by atoms with Gasteiger partial charge in [-0.25, -0.2) is 0 Å². The molecule has 0 atom stereocenters. The van der Waals surface area contributed by atoms with Gasteiger partial charge in [0.2, 0.25) is 5.91 Å². The first kappa shape index (κ1) is 18.0. The predicted molar refractivity (Wildman–Crippen MR) is 101 cm³/mol. The van der Waals surface area contributed by atoms with Gasteiger partial charge in [0, 0.05) is 38.1 Å². The van der Waals surface area contributed by atoms with E-state index in [1.807, 2.05) is 24.3 Å². The average Bonchev–Trinajstić information content (AvgIpc) is 2.99. The van der Waals surface area contributed by atoms with E-state index < -0.39 is 11.8 Å². The van der Waals surface area contributed by atoms with Crippen LogP contribution in [0.1, 0.15) is 20.8 Å². The molecule has 144 valence electrons. The Bertz CT molecular complexity index is 885. The number of fused-ring (bicyclic) bond motifs is 1. The first-order valence-corrected chi connectivity index (χ1v) is 9.06. The van der Waals surface area contributed by atoms with Crippen LogP contribution in [0.2, 0.25) is 0 Å². The Balaban J connectivity index is 1.36. The summed E-state index contributed by atoms with van der Waals surface area (Å²) in [5.41, 5.74) is 1.44. The topological polar surface area (TPSA) is 83.1 Å². The summed E-state index contributed by atoms with van der Waals surface area (Å²) in [6.45, 7) is 2.18. The Morgan fingerprint density at radius 2 is 1.75 bits per heavy atom. The summed E-state index contributed by atoms with van der Waals surface area (Å²) in [6.07, 6.45) is 1.47. The number of benzene rings is 1. The first-order chi connectivity index (χ1) is 13.6. The van der Waals surface area contributed by atoms with Gasteiger partial charge in [-0.1, -0.05) is 0 Å². The molecule has 8 nitrogen and oxygen atoms in total. The monoisotopic (exact) mass is 380 g/mol. The number of anilines is 1. The highest BCUT2D eigenvalue weighted by atomic mass is 16.5. The van der Waals surface area contributed by atoms with E-state index in [0.29, 0.717) is 26.2 Å². The summed E-state index contributed by atoms with van der Waals surface area (Å²) in [5, 5.41) is 0. The molecule has 0 bridgehead atoms. The van der Waals surface area contributed by atoms with Crippen LogP contribution in [0.4, 0.5) is 5.69 Å². The van der Waals surface area contributed by atoms with Gasteiger partial charge in [0.15, 0.2) is 0 Å². The lowest BCUT2D eigenvalue weighted by molar-refractivity contribution is -0.131. The van der Waals surface area contributed by atoms with Gasteiger partial charge in [-0.05, 0) is 36.4 Å². The van der Waals surface area contributed by atoms with Crippen molar-refractivity contribution in [2.45, 2.75) is 0 Å². The summed E-state index contributed by atoms with van der Waals surface area (Å²) in [7, 11) is 1.63. The van der Waals surface area contributed by atoms with Crippen LogP contribution in [0.5, 0.6) is 5.75 Å². The van der Waals surface area contributed by atoms with Gasteiger partial charge in [-0.3, -0.25) is 24.3 Å².